The van der Waals surface area contributed by atoms with E-state index >= 15 is 0 Å². The van der Waals surface area contributed by atoms with Crippen molar-refractivity contribution in [3.8, 4) is 0 Å². The van der Waals surface area contributed by atoms with Gasteiger partial charge >= 0.3 is 11.9 Å². The van der Waals surface area contributed by atoms with E-state index in [0.29, 0.717) is 13.0 Å². The number of carbonyl (C=O) groups excluding carboxylic acids is 2. The Labute approximate surface area is 112 Å². The predicted octanol–water partition coefficient (Wildman–Crippen LogP) is 1.60. The van der Waals surface area contributed by atoms with Crippen LogP contribution in [0.1, 0.15) is 34.1 Å². The van der Waals surface area contributed by atoms with Gasteiger partial charge in [-0.1, -0.05) is 6.08 Å². The first-order valence-corrected chi connectivity index (χ1v) is 6.55. The Kier molecular flexibility index (Phi) is 3.43. The molecular weight excluding hydrogens is 248 g/mol. The molecule has 0 spiro atoms. The molecule has 3 atom stereocenters. The van der Waals surface area contributed by atoms with E-state index in [0.717, 1.165) is 0 Å². The molecule has 2 heterocycles. The molecule has 2 bridgehead atoms. The third-order valence-corrected chi connectivity index (χ3v) is 3.15. The molecule has 1 fully saturated rings. The van der Waals surface area contributed by atoms with Crippen LogP contribution in [0.5, 0.6) is 0 Å². The van der Waals surface area contributed by atoms with E-state index in [2.05, 4.69) is 0 Å². The van der Waals surface area contributed by atoms with Crippen LogP contribution in [0.2, 0.25) is 0 Å². The number of ether oxygens (including phenoxy) is 3. The third kappa shape index (κ3) is 2.66. The molecule has 0 aromatic carbocycles. The van der Waals surface area contributed by atoms with E-state index in [1.54, 1.807) is 19.1 Å². The average molecular weight is 268 g/mol. The van der Waals surface area contributed by atoms with Crippen molar-refractivity contribution in [3.05, 3.63) is 12.2 Å². The summed E-state index contributed by atoms with van der Waals surface area (Å²) in [5.74, 6) is -1.19. The van der Waals surface area contributed by atoms with Gasteiger partial charge in [-0.25, -0.2) is 4.79 Å². The Bertz CT molecular complexity index is 420. The first-order chi connectivity index (χ1) is 8.77. The Morgan fingerprint density at radius 1 is 1.42 bits per heavy atom. The van der Waals surface area contributed by atoms with Gasteiger partial charge in [-0.3, -0.25) is 4.79 Å². The minimum absolute atomic E-state index is 0.291. The minimum Gasteiger partial charge on any atom is -0.464 e. The maximum atomic E-state index is 12.1. The van der Waals surface area contributed by atoms with Gasteiger partial charge < -0.3 is 14.2 Å². The highest BCUT2D eigenvalue weighted by Crippen LogP contribution is 2.43. The summed E-state index contributed by atoms with van der Waals surface area (Å²) in [6.45, 7) is 7.48. The second-order valence-corrected chi connectivity index (χ2v) is 5.90. The summed E-state index contributed by atoms with van der Waals surface area (Å²) in [5.41, 5.74) is -1.64. The van der Waals surface area contributed by atoms with Gasteiger partial charge in [-0.05, 0) is 33.8 Å². The molecule has 19 heavy (non-hydrogen) atoms. The fraction of sp³-hybridized carbons (Fsp3) is 0.714. The van der Waals surface area contributed by atoms with Gasteiger partial charge in [-0.15, -0.1) is 0 Å². The predicted molar refractivity (Wildman–Crippen MR) is 67.3 cm³/mol. The lowest BCUT2D eigenvalue weighted by atomic mass is 9.86. The van der Waals surface area contributed by atoms with E-state index in [1.165, 1.54) is 0 Å². The number of rotatable bonds is 3. The summed E-state index contributed by atoms with van der Waals surface area (Å²) in [4.78, 5) is 24.0. The molecule has 0 aromatic heterocycles. The zero-order valence-electron chi connectivity index (χ0n) is 11.8. The topological polar surface area (TPSA) is 61.8 Å². The summed E-state index contributed by atoms with van der Waals surface area (Å²) in [6, 6.07) is 0. The Morgan fingerprint density at radius 2 is 2.11 bits per heavy atom. The van der Waals surface area contributed by atoms with Crippen LogP contribution in [0.25, 0.3) is 0 Å². The standard InChI is InChI=1S/C14H20O5/c1-5-17-12(16)14-7-6-10(18-14)9(8-14)11(15)19-13(2,3)4/h6-7,9-10H,5,8H2,1-4H3. The van der Waals surface area contributed by atoms with Crippen LogP contribution in [-0.4, -0.2) is 35.9 Å². The van der Waals surface area contributed by atoms with Crippen molar-refractivity contribution in [2.75, 3.05) is 6.61 Å². The van der Waals surface area contributed by atoms with Gasteiger partial charge in [-0.2, -0.15) is 0 Å². The maximum absolute atomic E-state index is 12.1. The highest BCUT2D eigenvalue weighted by atomic mass is 16.6. The molecule has 3 unspecified atom stereocenters. The first kappa shape index (κ1) is 14.1. The van der Waals surface area contributed by atoms with Crippen LogP contribution >= 0.6 is 0 Å². The van der Waals surface area contributed by atoms with Gasteiger partial charge in [0.1, 0.15) is 5.60 Å². The van der Waals surface area contributed by atoms with Gasteiger partial charge in [0.15, 0.2) is 5.60 Å². The molecule has 0 amide bonds. The van der Waals surface area contributed by atoms with Crippen LogP contribution in [0, 0.1) is 5.92 Å². The van der Waals surface area contributed by atoms with Crippen molar-refractivity contribution < 1.29 is 23.8 Å². The quantitative estimate of drug-likeness (QED) is 0.575. The molecule has 2 rings (SSSR count). The summed E-state index contributed by atoms with van der Waals surface area (Å²) in [7, 11) is 0. The average Bonchev–Trinajstić information content (AvgIpc) is 2.85. The van der Waals surface area contributed by atoms with Gasteiger partial charge in [0.2, 0.25) is 0 Å². The second-order valence-electron chi connectivity index (χ2n) is 5.90. The van der Waals surface area contributed by atoms with Crippen molar-refractivity contribution in [2.45, 2.75) is 51.4 Å². The summed E-state index contributed by atoms with van der Waals surface area (Å²) in [5, 5.41) is 0. The van der Waals surface area contributed by atoms with Crippen LogP contribution in [0.15, 0.2) is 12.2 Å². The van der Waals surface area contributed by atoms with Crippen molar-refractivity contribution >= 4 is 11.9 Å². The van der Waals surface area contributed by atoms with E-state index in [1.807, 2.05) is 20.8 Å². The minimum atomic E-state index is -1.09. The first-order valence-electron chi connectivity index (χ1n) is 6.55. The molecule has 0 aromatic rings. The number of carbonyl (C=O) groups is 2. The van der Waals surface area contributed by atoms with Crippen molar-refractivity contribution in [1.29, 1.82) is 0 Å². The molecule has 5 heteroatoms. The lowest BCUT2D eigenvalue weighted by molar-refractivity contribution is -0.162. The summed E-state index contributed by atoms with van der Waals surface area (Å²) < 4.78 is 16.0. The summed E-state index contributed by atoms with van der Waals surface area (Å²) >= 11 is 0. The number of hydrogen-bond donors (Lipinski definition) is 0. The van der Waals surface area contributed by atoms with Crippen LogP contribution in [0.3, 0.4) is 0 Å². The molecule has 0 radical (unpaired) electrons. The Balaban J connectivity index is 2.08. The molecule has 106 valence electrons. The molecule has 0 aliphatic carbocycles. The molecule has 2 aliphatic rings. The molecule has 5 nitrogen and oxygen atoms in total. The molecule has 0 saturated carbocycles. The normalized spacial score (nSPS) is 32.4. The van der Waals surface area contributed by atoms with Crippen LogP contribution in [0.4, 0.5) is 0 Å². The fourth-order valence-electron chi connectivity index (χ4n) is 2.39. The lowest BCUT2D eigenvalue weighted by Crippen LogP contribution is -2.38. The van der Waals surface area contributed by atoms with E-state index in [4.69, 9.17) is 14.2 Å². The highest BCUT2D eigenvalue weighted by Gasteiger charge is 2.57. The van der Waals surface area contributed by atoms with Crippen molar-refractivity contribution in [3.63, 3.8) is 0 Å². The van der Waals surface area contributed by atoms with Gasteiger partial charge in [0, 0.05) is 6.42 Å². The van der Waals surface area contributed by atoms with Crippen molar-refractivity contribution in [2.24, 2.45) is 5.92 Å². The number of fused-ring (bicyclic) bond motifs is 2. The van der Waals surface area contributed by atoms with Gasteiger partial charge in [0.25, 0.3) is 0 Å². The molecule has 2 aliphatic heterocycles. The second kappa shape index (κ2) is 4.63. The lowest BCUT2D eigenvalue weighted by Gasteiger charge is -2.24. The number of esters is 2. The maximum Gasteiger partial charge on any atom is 0.342 e. The summed E-state index contributed by atoms with van der Waals surface area (Å²) in [6.07, 6.45) is 3.34. The highest BCUT2D eigenvalue weighted by molar-refractivity contribution is 5.86. The Hall–Kier alpha value is -1.36. The van der Waals surface area contributed by atoms with E-state index in [9.17, 15) is 9.59 Å². The molecule has 1 saturated heterocycles. The van der Waals surface area contributed by atoms with E-state index in [-0.39, 0.29) is 12.1 Å². The zero-order valence-corrected chi connectivity index (χ0v) is 11.8. The smallest absolute Gasteiger partial charge is 0.342 e. The van der Waals surface area contributed by atoms with Crippen LogP contribution in [-0.2, 0) is 23.8 Å². The molecular formula is C14H20O5. The molecule has 0 N–H and O–H groups in total. The van der Waals surface area contributed by atoms with Crippen LogP contribution < -0.4 is 0 Å². The SMILES string of the molecule is CCOC(=O)C12C=CC(O1)C(C(=O)OC(C)(C)C)C2. The van der Waals surface area contributed by atoms with E-state index < -0.39 is 23.1 Å². The largest absolute Gasteiger partial charge is 0.464 e. The zero-order chi connectivity index (χ0) is 14.3. The Morgan fingerprint density at radius 3 is 2.68 bits per heavy atom. The third-order valence-electron chi connectivity index (χ3n) is 3.15. The monoisotopic (exact) mass is 268 g/mol. The van der Waals surface area contributed by atoms with Crippen molar-refractivity contribution in [1.82, 2.24) is 0 Å². The fourth-order valence-corrected chi connectivity index (χ4v) is 2.39. The number of hydrogen-bond acceptors (Lipinski definition) is 5. The van der Waals surface area contributed by atoms with Gasteiger partial charge in [0.05, 0.1) is 18.6 Å².